The highest BCUT2D eigenvalue weighted by Gasteiger charge is 2.22. The van der Waals surface area contributed by atoms with E-state index >= 15 is 0 Å². The normalized spacial score (nSPS) is 15.1. The molecule has 4 rings (SSSR count). The quantitative estimate of drug-likeness (QED) is 0.628. The molecule has 1 N–H and O–H groups in total. The number of benzene rings is 1. The smallest absolute Gasteiger partial charge is 0.287 e. The average Bonchev–Trinajstić information content (AvgIpc) is 3.11. The van der Waals surface area contributed by atoms with Crippen molar-refractivity contribution < 1.29 is 9.21 Å². The van der Waals surface area contributed by atoms with E-state index in [1.54, 1.807) is 12.4 Å². The molecule has 0 aliphatic heterocycles. The Bertz CT molecular complexity index is 901. The maximum absolute atomic E-state index is 12.8. The molecule has 140 valence electrons. The molecule has 27 heavy (non-hydrogen) atoms. The standard InChI is InChI=1S/C22H24N2O2S/c25-22(24-14-16-10-12-23-13-11-16)21-19(15-27-17-6-2-1-3-7-17)18-8-4-5-9-20(18)26-21/h4-5,8-13,17H,1-3,6-7,14-15H2,(H,24,25). The van der Waals surface area contributed by atoms with E-state index in [1.165, 1.54) is 32.1 Å². The monoisotopic (exact) mass is 380 g/mol. The summed E-state index contributed by atoms with van der Waals surface area (Å²) in [5.41, 5.74) is 2.83. The first-order valence-electron chi connectivity index (χ1n) is 9.60. The third kappa shape index (κ3) is 4.35. The summed E-state index contributed by atoms with van der Waals surface area (Å²) in [5.74, 6) is 1.12. The molecule has 0 spiro atoms. The van der Waals surface area contributed by atoms with Crippen molar-refractivity contribution in [2.75, 3.05) is 0 Å². The molecule has 0 atom stereocenters. The van der Waals surface area contributed by atoms with Crippen LogP contribution in [-0.2, 0) is 12.3 Å². The van der Waals surface area contributed by atoms with E-state index in [0.717, 1.165) is 27.8 Å². The summed E-state index contributed by atoms with van der Waals surface area (Å²) in [4.78, 5) is 16.8. The largest absolute Gasteiger partial charge is 0.451 e. The van der Waals surface area contributed by atoms with Crippen molar-refractivity contribution in [2.24, 2.45) is 0 Å². The lowest BCUT2D eigenvalue weighted by atomic mass is 10.0. The van der Waals surface area contributed by atoms with E-state index in [0.29, 0.717) is 17.6 Å². The van der Waals surface area contributed by atoms with Gasteiger partial charge >= 0.3 is 0 Å². The second-order valence-electron chi connectivity index (χ2n) is 7.02. The summed E-state index contributed by atoms with van der Waals surface area (Å²) >= 11 is 1.97. The van der Waals surface area contributed by atoms with Crippen LogP contribution in [0.5, 0.6) is 0 Å². The van der Waals surface area contributed by atoms with Crippen LogP contribution in [0.4, 0.5) is 0 Å². The van der Waals surface area contributed by atoms with E-state index in [1.807, 2.05) is 42.1 Å². The molecule has 1 amide bonds. The molecule has 0 unspecified atom stereocenters. The van der Waals surface area contributed by atoms with Gasteiger partial charge in [-0.3, -0.25) is 9.78 Å². The average molecular weight is 381 g/mol. The highest BCUT2D eigenvalue weighted by molar-refractivity contribution is 7.99. The van der Waals surface area contributed by atoms with Gasteiger partial charge in [-0.1, -0.05) is 37.5 Å². The third-order valence-electron chi connectivity index (χ3n) is 5.12. The summed E-state index contributed by atoms with van der Waals surface area (Å²) in [7, 11) is 0. The second kappa shape index (κ2) is 8.61. The number of aromatic nitrogens is 1. The first-order chi connectivity index (χ1) is 13.3. The van der Waals surface area contributed by atoms with E-state index in [9.17, 15) is 4.79 Å². The molecule has 0 radical (unpaired) electrons. The Hall–Kier alpha value is -2.27. The number of carbonyl (C=O) groups excluding carboxylic acids is 1. The maximum atomic E-state index is 12.8. The molecule has 4 nitrogen and oxygen atoms in total. The summed E-state index contributed by atoms with van der Waals surface area (Å²) in [6, 6.07) is 11.7. The summed E-state index contributed by atoms with van der Waals surface area (Å²) in [6.45, 7) is 0.466. The Kier molecular flexibility index (Phi) is 5.78. The van der Waals surface area contributed by atoms with Crippen molar-refractivity contribution in [3.63, 3.8) is 0 Å². The van der Waals surface area contributed by atoms with Crippen LogP contribution in [-0.4, -0.2) is 16.1 Å². The molecule has 3 aromatic rings. The van der Waals surface area contributed by atoms with E-state index < -0.39 is 0 Å². The van der Waals surface area contributed by atoms with Gasteiger partial charge in [-0.05, 0) is 36.6 Å². The summed E-state index contributed by atoms with van der Waals surface area (Å²) in [5, 5.41) is 4.73. The first kappa shape index (κ1) is 18.1. The third-order valence-corrected chi connectivity index (χ3v) is 6.52. The molecule has 1 aromatic carbocycles. The Morgan fingerprint density at radius 1 is 1.11 bits per heavy atom. The molecule has 2 aromatic heterocycles. The van der Waals surface area contributed by atoms with Gasteiger partial charge in [0.15, 0.2) is 5.76 Å². The van der Waals surface area contributed by atoms with Crippen LogP contribution in [0, 0.1) is 0 Å². The number of pyridine rings is 1. The van der Waals surface area contributed by atoms with Gasteiger partial charge in [0, 0.05) is 40.9 Å². The predicted octanol–water partition coefficient (Wildman–Crippen LogP) is 5.32. The molecular weight excluding hydrogens is 356 g/mol. The van der Waals surface area contributed by atoms with Crippen molar-refractivity contribution in [2.45, 2.75) is 49.7 Å². The van der Waals surface area contributed by atoms with E-state index in [4.69, 9.17) is 4.42 Å². The fraction of sp³-hybridized carbons (Fsp3) is 0.364. The van der Waals surface area contributed by atoms with E-state index in [-0.39, 0.29) is 5.91 Å². The van der Waals surface area contributed by atoms with Crippen LogP contribution in [0.2, 0.25) is 0 Å². The molecule has 1 fully saturated rings. The molecule has 2 heterocycles. The number of nitrogens with zero attached hydrogens (tertiary/aromatic N) is 1. The van der Waals surface area contributed by atoms with Crippen molar-refractivity contribution in [1.29, 1.82) is 0 Å². The molecule has 5 heteroatoms. The minimum absolute atomic E-state index is 0.151. The van der Waals surface area contributed by atoms with Crippen LogP contribution in [0.25, 0.3) is 11.0 Å². The van der Waals surface area contributed by atoms with Gasteiger partial charge in [0.2, 0.25) is 0 Å². The molecular formula is C22H24N2O2S. The number of nitrogens with one attached hydrogen (secondary N) is 1. The fourth-order valence-electron chi connectivity index (χ4n) is 3.62. The number of hydrogen-bond donors (Lipinski definition) is 1. The zero-order chi connectivity index (χ0) is 18.5. The van der Waals surface area contributed by atoms with Crippen molar-refractivity contribution in [1.82, 2.24) is 10.3 Å². The maximum Gasteiger partial charge on any atom is 0.287 e. The number of hydrogen-bond acceptors (Lipinski definition) is 4. The Balaban J connectivity index is 1.52. The highest BCUT2D eigenvalue weighted by Crippen LogP contribution is 2.35. The number of thioether (sulfide) groups is 1. The lowest BCUT2D eigenvalue weighted by Gasteiger charge is -2.20. The zero-order valence-electron chi connectivity index (χ0n) is 15.3. The highest BCUT2D eigenvalue weighted by atomic mass is 32.2. The SMILES string of the molecule is O=C(NCc1ccncc1)c1oc2ccccc2c1CSC1CCCCC1. The molecule has 1 aliphatic carbocycles. The molecule has 1 aliphatic rings. The molecule has 0 saturated heterocycles. The van der Waals surface area contributed by atoms with E-state index in [2.05, 4.69) is 16.4 Å². The fourth-order valence-corrected chi connectivity index (χ4v) is 4.98. The topological polar surface area (TPSA) is 55.1 Å². The number of amides is 1. The van der Waals surface area contributed by atoms with Gasteiger partial charge in [0.1, 0.15) is 5.58 Å². The number of rotatable bonds is 6. The Morgan fingerprint density at radius 2 is 1.89 bits per heavy atom. The van der Waals surface area contributed by atoms with Crippen molar-refractivity contribution >= 4 is 28.6 Å². The van der Waals surface area contributed by atoms with Gasteiger partial charge in [0.05, 0.1) is 0 Å². The lowest BCUT2D eigenvalue weighted by Crippen LogP contribution is -2.23. The summed E-state index contributed by atoms with van der Waals surface area (Å²) in [6.07, 6.45) is 10.0. The Labute approximate surface area is 163 Å². The van der Waals surface area contributed by atoms with Gasteiger partial charge in [-0.15, -0.1) is 0 Å². The van der Waals surface area contributed by atoms with Crippen molar-refractivity contribution in [3.8, 4) is 0 Å². The number of furan rings is 1. The minimum atomic E-state index is -0.151. The van der Waals surface area contributed by atoms with Crippen molar-refractivity contribution in [3.05, 3.63) is 65.7 Å². The van der Waals surface area contributed by atoms with Gasteiger partial charge in [-0.2, -0.15) is 11.8 Å². The van der Waals surface area contributed by atoms with Gasteiger partial charge in [0.25, 0.3) is 5.91 Å². The van der Waals surface area contributed by atoms with Crippen LogP contribution in [0.3, 0.4) is 0 Å². The van der Waals surface area contributed by atoms with Crippen LogP contribution < -0.4 is 5.32 Å². The second-order valence-corrected chi connectivity index (χ2v) is 8.30. The first-order valence-corrected chi connectivity index (χ1v) is 10.7. The van der Waals surface area contributed by atoms with Crippen LogP contribution >= 0.6 is 11.8 Å². The minimum Gasteiger partial charge on any atom is -0.451 e. The predicted molar refractivity (Wildman–Crippen MR) is 110 cm³/mol. The lowest BCUT2D eigenvalue weighted by molar-refractivity contribution is 0.0924. The number of fused-ring (bicyclic) bond motifs is 1. The summed E-state index contributed by atoms with van der Waals surface area (Å²) < 4.78 is 5.95. The zero-order valence-corrected chi connectivity index (χ0v) is 16.1. The molecule has 1 saturated carbocycles. The Morgan fingerprint density at radius 3 is 2.70 bits per heavy atom. The molecule has 0 bridgehead atoms. The van der Waals surface area contributed by atoms with Crippen LogP contribution in [0.1, 0.15) is 53.8 Å². The number of carbonyl (C=O) groups is 1. The van der Waals surface area contributed by atoms with Crippen LogP contribution in [0.15, 0.2) is 53.2 Å². The van der Waals surface area contributed by atoms with Gasteiger partial charge in [-0.25, -0.2) is 0 Å². The number of para-hydroxylation sites is 1. The van der Waals surface area contributed by atoms with Gasteiger partial charge < -0.3 is 9.73 Å².